The molecule has 0 aromatic carbocycles. The summed E-state index contributed by atoms with van der Waals surface area (Å²) in [6.45, 7) is 13.6. The normalized spacial score (nSPS) is 20.0. The van der Waals surface area contributed by atoms with Gasteiger partial charge < -0.3 is 5.73 Å². The molecule has 0 saturated heterocycles. The van der Waals surface area contributed by atoms with Crippen molar-refractivity contribution in [3.63, 3.8) is 0 Å². The van der Waals surface area contributed by atoms with Crippen LogP contribution in [-0.2, 0) is 0 Å². The minimum Gasteiger partial charge on any atom is -0.327 e. The van der Waals surface area contributed by atoms with Crippen LogP contribution < -0.4 is 5.73 Å². The van der Waals surface area contributed by atoms with Crippen LogP contribution in [0.15, 0.2) is 36.2 Å². The molecule has 0 aliphatic carbocycles. The lowest BCUT2D eigenvalue weighted by atomic mass is 9.93. The van der Waals surface area contributed by atoms with Gasteiger partial charge in [0.25, 0.3) is 0 Å². The maximum absolute atomic E-state index is 10.9. The average molecular weight is 387 g/mol. The van der Waals surface area contributed by atoms with Crippen LogP contribution in [0.25, 0.3) is 0 Å². The molecule has 0 aromatic heterocycles. The van der Waals surface area contributed by atoms with Gasteiger partial charge in [0, 0.05) is 16.1 Å². The van der Waals surface area contributed by atoms with Crippen molar-refractivity contribution in [1.82, 2.24) is 0 Å². The molecule has 1 rings (SSSR count). The van der Waals surface area contributed by atoms with E-state index >= 15 is 0 Å². The Bertz CT molecular complexity index is 539. The second-order valence-electron chi connectivity index (χ2n) is 6.68. The van der Waals surface area contributed by atoms with Gasteiger partial charge in [-0.25, -0.2) is 0 Å². The van der Waals surface area contributed by atoms with E-state index in [1.165, 1.54) is 20.0 Å². The van der Waals surface area contributed by atoms with E-state index in [1.54, 1.807) is 11.8 Å². The maximum Gasteiger partial charge on any atom is 0.113 e. The minimum absolute atomic E-state index is 0.261. The molecule has 0 saturated carbocycles. The zero-order valence-electron chi connectivity index (χ0n) is 15.7. The summed E-state index contributed by atoms with van der Waals surface area (Å²) in [6, 6.07) is 0. The van der Waals surface area contributed by atoms with Gasteiger partial charge in [0.2, 0.25) is 0 Å². The molecular formula is C18H31N2OPS2. The quantitative estimate of drug-likeness (QED) is 0.363. The largest absolute Gasteiger partial charge is 0.327 e. The number of thioether (sulfide) groups is 2. The Morgan fingerprint density at radius 1 is 1.29 bits per heavy atom. The lowest BCUT2D eigenvalue weighted by Crippen LogP contribution is -2.10. The number of nitroso groups, excluding NO2 is 1. The first-order valence-electron chi connectivity index (χ1n) is 8.60. The number of nitrogens with zero attached hydrogens (tertiary/aromatic N) is 1. The third-order valence-electron chi connectivity index (χ3n) is 3.94. The molecule has 1 aliphatic heterocycles. The van der Waals surface area contributed by atoms with E-state index in [4.69, 9.17) is 5.73 Å². The molecule has 0 spiro atoms. The zero-order valence-corrected chi connectivity index (χ0v) is 18.3. The fraction of sp³-hybridized carbons (Fsp3) is 0.667. The molecule has 2 unspecified atom stereocenters. The van der Waals surface area contributed by atoms with Gasteiger partial charge in [-0.15, -0.1) is 0 Å². The van der Waals surface area contributed by atoms with Gasteiger partial charge >= 0.3 is 0 Å². The Hall–Kier alpha value is -0.0900. The molecule has 136 valence electrons. The van der Waals surface area contributed by atoms with Crippen molar-refractivity contribution >= 4 is 32.1 Å². The zero-order chi connectivity index (χ0) is 18.3. The number of rotatable bonds is 9. The summed E-state index contributed by atoms with van der Waals surface area (Å²) < 4.78 is 1.34. The average Bonchev–Trinajstić information content (AvgIpc) is 2.90. The van der Waals surface area contributed by atoms with Crippen molar-refractivity contribution in [2.75, 3.05) is 12.8 Å². The summed E-state index contributed by atoms with van der Waals surface area (Å²) in [7, 11) is 0.652. The molecule has 0 bridgehead atoms. The highest BCUT2D eigenvalue weighted by atomic mass is 32.2. The number of hydrogen-bond acceptors (Lipinski definition) is 5. The first-order valence-corrected chi connectivity index (χ1v) is 11.4. The minimum atomic E-state index is 0.261. The monoisotopic (exact) mass is 386 g/mol. The van der Waals surface area contributed by atoms with E-state index in [0.29, 0.717) is 32.6 Å². The van der Waals surface area contributed by atoms with Crippen LogP contribution in [0.1, 0.15) is 48.0 Å². The summed E-state index contributed by atoms with van der Waals surface area (Å²) in [5.74, 6) is 1.65. The topological polar surface area (TPSA) is 55.4 Å². The highest BCUT2D eigenvalue weighted by Gasteiger charge is 2.28. The van der Waals surface area contributed by atoms with Crippen LogP contribution in [0.5, 0.6) is 0 Å². The van der Waals surface area contributed by atoms with Crippen LogP contribution in [0, 0.1) is 22.7 Å². The van der Waals surface area contributed by atoms with E-state index < -0.39 is 0 Å². The van der Waals surface area contributed by atoms with Gasteiger partial charge in [-0.3, -0.25) is 0 Å². The fourth-order valence-electron chi connectivity index (χ4n) is 2.95. The molecule has 1 heterocycles. The van der Waals surface area contributed by atoms with Crippen molar-refractivity contribution in [3.8, 4) is 0 Å². The third-order valence-corrected chi connectivity index (χ3v) is 8.30. The van der Waals surface area contributed by atoms with Crippen molar-refractivity contribution in [2.24, 2.45) is 28.7 Å². The van der Waals surface area contributed by atoms with E-state index in [0.717, 1.165) is 11.3 Å². The predicted molar refractivity (Wildman–Crippen MR) is 114 cm³/mol. The predicted octanol–water partition coefficient (Wildman–Crippen LogP) is 6.49. The van der Waals surface area contributed by atoms with Crippen molar-refractivity contribution in [2.45, 2.75) is 48.0 Å². The standard InChI is InChI=1S/C18H31N2OPS2/c1-7-14(12(4)5)16(22-10-19)18-23-15(9-20-21)17(24-18)13(6)8-11(2)3/h8,11-12,14,22H,7,9-10,19H2,1-6H3/b13-8-,18-16+. The Balaban J connectivity index is 3.25. The second kappa shape index (κ2) is 10.8. The maximum atomic E-state index is 10.9. The summed E-state index contributed by atoms with van der Waals surface area (Å²) in [5.41, 5.74) is 7.16. The SMILES string of the molecule is CCC(/C(PCN)=C1/SC(CN=O)=C(/C(C)=C\C(C)C)S1)C(C)C. The van der Waals surface area contributed by atoms with E-state index in [1.807, 2.05) is 11.8 Å². The molecule has 3 nitrogen and oxygen atoms in total. The summed E-state index contributed by atoms with van der Waals surface area (Å²) >= 11 is 3.57. The summed E-state index contributed by atoms with van der Waals surface area (Å²) in [5, 5.41) is 4.64. The fourth-order valence-corrected chi connectivity index (χ4v) is 7.53. The van der Waals surface area contributed by atoms with Gasteiger partial charge in [-0.05, 0) is 42.0 Å². The lowest BCUT2D eigenvalue weighted by molar-refractivity contribution is 0.446. The molecule has 0 radical (unpaired) electrons. The molecule has 24 heavy (non-hydrogen) atoms. The molecule has 0 aromatic rings. The summed E-state index contributed by atoms with van der Waals surface area (Å²) in [4.78, 5) is 13.2. The Morgan fingerprint density at radius 3 is 2.42 bits per heavy atom. The van der Waals surface area contributed by atoms with Gasteiger partial charge in [-0.2, -0.15) is 4.91 Å². The van der Waals surface area contributed by atoms with Crippen molar-refractivity contribution < 1.29 is 0 Å². The van der Waals surface area contributed by atoms with Gasteiger partial charge in [-0.1, -0.05) is 78.0 Å². The highest BCUT2D eigenvalue weighted by Crippen LogP contribution is 2.57. The van der Waals surface area contributed by atoms with Crippen molar-refractivity contribution in [1.29, 1.82) is 0 Å². The van der Waals surface area contributed by atoms with Crippen LogP contribution in [0.4, 0.5) is 0 Å². The van der Waals surface area contributed by atoms with Gasteiger partial charge in [0.15, 0.2) is 0 Å². The molecule has 2 N–H and O–H groups in total. The number of hydrogen-bond donors (Lipinski definition) is 1. The molecule has 2 atom stereocenters. The van der Waals surface area contributed by atoms with E-state index in [2.05, 4.69) is 52.8 Å². The van der Waals surface area contributed by atoms with Crippen LogP contribution in [0.2, 0.25) is 0 Å². The van der Waals surface area contributed by atoms with Crippen LogP contribution in [0.3, 0.4) is 0 Å². The second-order valence-corrected chi connectivity index (χ2v) is 10.4. The molecule has 0 amide bonds. The highest BCUT2D eigenvalue weighted by molar-refractivity contribution is 8.28. The third kappa shape index (κ3) is 6.01. The van der Waals surface area contributed by atoms with Crippen molar-refractivity contribution in [3.05, 3.63) is 35.9 Å². The van der Waals surface area contributed by atoms with Crippen LogP contribution in [-0.4, -0.2) is 12.8 Å². The summed E-state index contributed by atoms with van der Waals surface area (Å²) in [6.07, 6.45) is 4.09. The first-order chi connectivity index (χ1) is 11.3. The smallest absolute Gasteiger partial charge is 0.113 e. The molecule has 6 heteroatoms. The molecule has 1 aliphatic rings. The van der Waals surface area contributed by atoms with Gasteiger partial charge in [0.05, 0.1) is 4.24 Å². The Kier molecular flexibility index (Phi) is 9.88. The van der Waals surface area contributed by atoms with Crippen LogP contribution >= 0.6 is 32.1 Å². The lowest BCUT2D eigenvalue weighted by Gasteiger charge is -2.24. The Morgan fingerprint density at radius 2 is 1.96 bits per heavy atom. The van der Waals surface area contributed by atoms with E-state index in [9.17, 15) is 4.91 Å². The van der Waals surface area contributed by atoms with Gasteiger partial charge in [0.1, 0.15) is 6.54 Å². The molecule has 0 fully saturated rings. The van der Waals surface area contributed by atoms with E-state index in [-0.39, 0.29) is 6.54 Å². The Labute approximate surface area is 157 Å². The number of allylic oxidation sites excluding steroid dienone is 3. The molecular weight excluding hydrogens is 355 g/mol. The number of nitrogens with two attached hydrogens (primary N) is 1. The first kappa shape index (κ1) is 22.0.